The number of carbonyl (C=O) groups excluding carboxylic acids is 1. The molecule has 7 heteroatoms. The number of aliphatic hydroxyl groups excluding tert-OH is 1. The minimum atomic E-state index is -0.163. The fourth-order valence-electron chi connectivity index (χ4n) is 5.21. The maximum absolute atomic E-state index is 12.6. The number of hydrogen-bond acceptors (Lipinski definition) is 5. The topological polar surface area (TPSA) is 74.5 Å². The predicted molar refractivity (Wildman–Crippen MR) is 102 cm³/mol. The Labute approximate surface area is 161 Å². The van der Waals surface area contributed by atoms with Gasteiger partial charge in [0.25, 0.3) is 0 Å². The van der Waals surface area contributed by atoms with E-state index in [1.54, 1.807) is 0 Å². The van der Waals surface area contributed by atoms with Gasteiger partial charge < -0.3 is 14.6 Å². The lowest BCUT2D eigenvalue weighted by molar-refractivity contribution is -0.144. The van der Waals surface area contributed by atoms with Crippen molar-refractivity contribution in [3.05, 3.63) is 12.2 Å². The average Bonchev–Trinajstić information content (AvgIpc) is 3.14. The predicted octanol–water partition coefficient (Wildman–Crippen LogP) is 1.81. The summed E-state index contributed by atoms with van der Waals surface area (Å²) in [4.78, 5) is 17.2. The average molecular weight is 376 g/mol. The summed E-state index contributed by atoms with van der Waals surface area (Å²) >= 11 is 0. The highest BCUT2D eigenvalue weighted by atomic mass is 16.3. The molecule has 1 aromatic rings. The lowest BCUT2D eigenvalue weighted by Gasteiger charge is -2.50. The fraction of sp³-hybridized carbons (Fsp3) is 0.850. The molecule has 1 aromatic heterocycles. The summed E-state index contributed by atoms with van der Waals surface area (Å²) in [5, 5.41) is 18.1. The van der Waals surface area contributed by atoms with E-state index in [9.17, 15) is 9.90 Å². The Morgan fingerprint density at radius 2 is 1.93 bits per heavy atom. The summed E-state index contributed by atoms with van der Waals surface area (Å²) in [5.74, 6) is 1.38. The first-order valence-electron chi connectivity index (χ1n) is 10.7. The van der Waals surface area contributed by atoms with Gasteiger partial charge in [0.15, 0.2) is 0 Å². The molecule has 1 saturated carbocycles. The number of aromatic nitrogens is 3. The van der Waals surface area contributed by atoms with Crippen LogP contribution >= 0.6 is 0 Å². The number of carbonyl (C=O) groups is 1. The number of aliphatic hydroxyl groups is 1. The zero-order chi connectivity index (χ0) is 18.9. The molecule has 0 unspecified atom stereocenters. The molecular formula is C20H33N5O2. The first kappa shape index (κ1) is 18.9. The summed E-state index contributed by atoms with van der Waals surface area (Å²) in [6.07, 6.45) is 9.30. The van der Waals surface area contributed by atoms with Crippen molar-refractivity contribution >= 4 is 5.91 Å². The first-order chi connectivity index (χ1) is 13.1. The minimum absolute atomic E-state index is 0.163. The van der Waals surface area contributed by atoms with E-state index in [1.165, 1.54) is 0 Å². The number of piperidine rings is 2. The second-order valence-electron chi connectivity index (χ2n) is 8.79. The van der Waals surface area contributed by atoms with Crippen molar-refractivity contribution in [2.75, 3.05) is 19.6 Å². The van der Waals surface area contributed by atoms with Gasteiger partial charge in [0, 0.05) is 25.6 Å². The molecule has 3 aliphatic rings. The van der Waals surface area contributed by atoms with Gasteiger partial charge in [0.05, 0.1) is 12.6 Å². The smallest absolute Gasteiger partial charge is 0.222 e. The van der Waals surface area contributed by atoms with Crippen molar-refractivity contribution < 1.29 is 9.90 Å². The molecule has 3 heterocycles. The third-order valence-electron chi connectivity index (χ3n) is 7.12. The highest BCUT2D eigenvalue weighted by Crippen LogP contribution is 2.42. The molecule has 7 nitrogen and oxygen atoms in total. The normalized spacial score (nSPS) is 29.4. The Kier molecular flexibility index (Phi) is 5.50. The van der Waals surface area contributed by atoms with E-state index >= 15 is 0 Å². The summed E-state index contributed by atoms with van der Waals surface area (Å²) < 4.78 is 2.11. The van der Waals surface area contributed by atoms with Crippen molar-refractivity contribution in [2.24, 2.45) is 5.41 Å². The molecule has 1 spiro atoms. The largest absolute Gasteiger partial charge is 0.393 e. The number of rotatable bonds is 4. The number of likely N-dealkylation sites (tertiary alicyclic amines) is 2. The quantitative estimate of drug-likeness (QED) is 0.869. The summed E-state index contributed by atoms with van der Waals surface area (Å²) in [6, 6.07) is 0.346. The molecule has 0 atom stereocenters. The number of hydrogen-bond donors (Lipinski definition) is 1. The van der Waals surface area contributed by atoms with Crippen LogP contribution in [0.3, 0.4) is 0 Å². The van der Waals surface area contributed by atoms with Gasteiger partial charge in [-0.25, -0.2) is 0 Å². The summed E-state index contributed by atoms with van der Waals surface area (Å²) in [7, 11) is 0. The molecule has 1 aliphatic carbocycles. The second kappa shape index (κ2) is 7.87. The van der Waals surface area contributed by atoms with Gasteiger partial charge in [0.2, 0.25) is 5.91 Å². The SMILES string of the molecule is CCn1cnnc1CN1CCC2(CCC(=O)N(C3CCC(O)CC3)C2)CC1. The Bertz CT molecular complexity index is 645. The molecular weight excluding hydrogens is 342 g/mol. The first-order valence-corrected chi connectivity index (χ1v) is 10.7. The minimum Gasteiger partial charge on any atom is -0.393 e. The van der Waals surface area contributed by atoms with Crippen LogP contribution in [-0.2, 0) is 17.9 Å². The van der Waals surface area contributed by atoms with Crippen LogP contribution < -0.4 is 0 Å². The molecule has 3 fully saturated rings. The van der Waals surface area contributed by atoms with E-state index in [2.05, 4.69) is 31.5 Å². The monoisotopic (exact) mass is 375 g/mol. The number of aryl methyl sites for hydroxylation is 1. The molecule has 1 amide bonds. The zero-order valence-corrected chi connectivity index (χ0v) is 16.5. The van der Waals surface area contributed by atoms with Crippen molar-refractivity contribution in [1.29, 1.82) is 0 Å². The lowest BCUT2D eigenvalue weighted by atomic mass is 9.71. The van der Waals surface area contributed by atoms with Crippen molar-refractivity contribution in [3.63, 3.8) is 0 Å². The van der Waals surface area contributed by atoms with Crippen molar-refractivity contribution in [2.45, 2.75) is 83.5 Å². The third-order valence-corrected chi connectivity index (χ3v) is 7.12. The van der Waals surface area contributed by atoms with Crippen LogP contribution in [0.5, 0.6) is 0 Å². The summed E-state index contributed by atoms with van der Waals surface area (Å²) in [5.41, 5.74) is 0.291. The molecule has 0 radical (unpaired) electrons. The van der Waals surface area contributed by atoms with Crippen LogP contribution in [0.15, 0.2) is 6.33 Å². The van der Waals surface area contributed by atoms with Gasteiger partial charge in [-0.2, -0.15) is 0 Å². The Balaban J connectivity index is 1.35. The van der Waals surface area contributed by atoms with Crippen molar-refractivity contribution in [3.8, 4) is 0 Å². The highest BCUT2D eigenvalue weighted by Gasteiger charge is 2.43. The second-order valence-corrected chi connectivity index (χ2v) is 8.79. The van der Waals surface area contributed by atoms with Gasteiger partial charge >= 0.3 is 0 Å². The Hall–Kier alpha value is -1.47. The molecule has 0 aromatic carbocycles. The van der Waals surface area contributed by atoms with Crippen LogP contribution in [0.4, 0.5) is 0 Å². The van der Waals surface area contributed by atoms with E-state index in [0.29, 0.717) is 23.8 Å². The van der Waals surface area contributed by atoms with Crippen LogP contribution in [0, 0.1) is 5.41 Å². The van der Waals surface area contributed by atoms with Crippen LogP contribution in [-0.4, -0.2) is 67.4 Å². The lowest BCUT2D eigenvalue weighted by Crippen LogP contribution is -2.55. The Morgan fingerprint density at radius 1 is 1.19 bits per heavy atom. The van der Waals surface area contributed by atoms with Gasteiger partial charge in [0.1, 0.15) is 12.2 Å². The molecule has 150 valence electrons. The summed E-state index contributed by atoms with van der Waals surface area (Å²) in [6.45, 7) is 6.96. The molecule has 0 bridgehead atoms. The van der Waals surface area contributed by atoms with Crippen molar-refractivity contribution in [1.82, 2.24) is 24.6 Å². The van der Waals surface area contributed by atoms with E-state index in [4.69, 9.17) is 0 Å². The molecule has 27 heavy (non-hydrogen) atoms. The van der Waals surface area contributed by atoms with Gasteiger partial charge in [-0.3, -0.25) is 9.69 Å². The molecule has 2 saturated heterocycles. The van der Waals surface area contributed by atoms with Gasteiger partial charge in [-0.1, -0.05) is 0 Å². The van der Waals surface area contributed by atoms with E-state index in [0.717, 1.165) is 83.5 Å². The molecule has 4 rings (SSSR count). The third kappa shape index (κ3) is 4.04. The van der Waals surface area contributed by atoms with Crippen LogP contribution in [0.2, 0.25) is 0 Å². The maximum Gasteiger partial charge on any atom is 0.222 e. The molecule has 2 aliphatic heterocycles. The van der Waals surface area contributed by atoms with Gasteiger partial charge in [-0.15, -0.1) is 10.2 Å². The van der Waals surface area contributed by atoms with Crippen LogP contribution in [0.25, 0.3) is 0 Å². The van der Waals surface area contributed by atoms with Crippen LogP contribution in [0.1, 0.15) is 64.1 Å². The highest BCUT2D eigenvalue weighted by molar-refractivity contribution is 5.77. The number of nitrogens with zero attached hydrogens (tertiary/aromatic N) is 5. The fourth-order valence-corrected chi connectivity index (χ4v) is 5.21. The van der Waals surface area contributed by atoms with E-state index in [-0.39, 0.29) is 6.10 Å². The standard InChI is InChI=1S/C20H33N5O2/c1-2-24-15-21-22-18(24)13-23-11-9-20(10-12-23)8-7-19(27)25(14-20)16-3-5-17(26)6-4-16/h15-17,26H,2-14H2,1H3. The van der Waals surface area contributed by atoms with E-state index in [1.807, 2.05) is 6.33 Å². The molecule has 1 N–H and O–H groups in total. The number of amides is 1. The van der Waals surface area contributed by atoms with E-state index < -0.39 is 0 Å². The Morgan fingerprint density at radius 3 is 2.63 bits per heavy atom. The maximum atomic E-state index is 12.6. The van der Waals surface area contributed by atoms with Gasteiger partial charge in [-0.05, 0) is 70.4 Å². The zero-order valence-electron chi connectivity index (χ0n) is 16.5.